The number of halogens is 1. The molecule has 0 aromatic heterocycles. The zero-order valence-corrected chi connectivity index (χ0v) is 11.8. The first-order valence-corrected chi connectivity index (χ1v) is 6.88. The van der Waals surface area contributed by atoms with E-state index in [1.54, 1.807) is 18.2 Å². The maximum atomic E-state index is 13.6. The van der Waals surface area contributed by atoms with Gasteiger partial charge in [-0.25, -0.2) is 4.39 Å². The molecule has 0 aliphatic carbocycles. The van der Waals surface area contributed by atoms with Crippen LogP contribution in [0.4, 0.5) is 4.39 Å². The summed E-state index contributed by atoms with van der Waals surface area (Å²) in [4.78, 5) is 12.6. The van der Waals surface area contributed by atoms with E-state index in [9.17, 15) is 9.18 Å². The van der Waals surface area contributed by atoms with Crippen LogP contribution in [0.2, 0.25) is 0 Å². The Morgan fingerprint density at radius 1 is 1.35 bits per heavy atom. The molecule has 0 spiro atoms. The summed E-state index contributed by atoms with van der Waals surface area (Å²) in [6, 6.07) is 6.58. The standard InChI is InChI=1S/C15H22FNO3/c1-2-20-11-5-9-17(10-8-15(18)19)12-13-6-3-4-7-14(13)16/h3-4,6-7H,2,5,8-12H2,1H3,(H,18,19). The highest BCUT2D eigenvalue weighted by molar-refractivity contribution is 5.66. The summed E-state index contributed by atoms with van der Waals surface area (Å²) in [7, 11) is 0. The van der Waals surface area contributed by atoms with E-state index in [-0.39, 0.29) is 12.2 Å². The predicted molar refractivity (Wildman–Crippen MR) is 75.0 cm³/mol. The van der Waals surface area contributed by atoms with E-state index >= 15 is 0 Å². The lowest BCUT2D eigenvalue weighted by molar-refractivity contribution is -0.137. The van der Waals surface area contributed by atoms with Crippen LogP contribution in [0, 0.1) is 5.82 Å². The fourth-order valence-electron chi connectivity index (χ4n) is 1.93. The fourth-order valence-corrected chi connectivity index (χ4v) is 1.93. The molecule has 112 valence electrons. The van der Waals surface area contributed by atoms with Crippen LogP contribution in [0.1, 0.15) is 25.3 Å². The highest BCUT2D eigenvalue weighted by atomic mass is 19.1. The Hall–Kier alpha value is -1.46. The third kappa shape index (κ3) is 6.63. The van der Waals surface area contributed by atoms with Crippen molar-refractivity contribution in [2.45, 2.75) is 26.3 Å². The Kier molecular flexibility index (Phi) is 7.84. The summed E-state index contributed by atoms with van der Waals surface area (Å²) in [6.07, 6.45) is 0.866. The summed E-state index contributed by atoms with van der Waals surface area (Å²) >= 11 is 0. The minimum atomic E-state index is -0.839. The number of aliphatic carboxylic acids is 1. The van der Waals surface area contributed by atoms with E-state index in [4.69, 9.17) is 9.84 Å². The first-order chi connectivity index (χ1) is 9.63. The van der Waals surface area contributed by atoms with Crippen LogP contribution in [-0.4, -0.2) is 42.3 Å². The van der Waals surface area contributed by atoms with Crippen molar-refractivity contribution in [1.29, 1.82) is 0 Å². The van der Waals surface area contributed by atoms with Crippen LogP contribution >= 0.6 is 0 Å². The number of rotatable bonds is 10. The van der Waals surface area contributed by atoms with Gasteiger partial charge in [0.15, 0.2) is 0 Å². The summed E-state index contributed by atoms with van der Waals surface area (Å²) in [5.74, 6) is -1.09. The molecule has 1 aromatic carbocycles. The molecule has 5 heteroatoms. The van der Waals surface area contributed by atoms with Crippen molar-refractivity contribution in [1.82, 2.24) is 4.90 Å². The van der Waals surface area contributed by atoms with Gasteiger partial charge in [-0.1, -0.05) is 18.2 Å². The number of hydrogen-bond donors (Lipinski definition) is 1. The number of carbonyl (C=O) groups is 1. The molecule has 0 unspecified atom stereocenters. The monoisotopic (exact) mass is 283 g/mol. The Balaban J connectivity index is 2.52. The van der Waals surface area contributed by atoms with Crippen molar-refractivity contribution in [2.75, 3.05) is 26.3 Å². The number of carboxylic acids is 1. The van der Waals surface area contributed by atoms with Gasteiger partial charge >= 0.3 is 5.97 Å². The van der Waals surface area contributed by atoms with Crippen molar-refractivity contribution < 1.29 is 19.0 Å². The van der Waals surface area contributed by atoms with Crippen LogP contribution in [0.15, 0.2) is 24.3 Å². The largest absolute Gasteiger partial charge is 0.481 e. The molecule has 0 atom stereocenters. The van der Waals surface area contributed by atoms with E-state index in [0.717, 1.165) is 6.42 Å². The van der Waals surface area contributed by atoms with Crippen molar-refractivity contribution >= 4 is 5.97 Å². The van der Waals surface area contributed by atoms with Crippen molar-refractivity contribution in [2.24, 2.45) is 0 Å². The Morgan fingerprint density at radius 3 is 2.75 bits per heavy atom. The van der Waals surface area contributed by atoms with Crippen LogP contribution in [0.5, 0.6) is 0 Å². The molecule has 1 aromatic rings. The number of nitrogens with zero attached hydrogens (tertiary/aromatic N) is 1. The topological polar surface area (TPSA) is 49.8 Å². The van der Waals surface area contributed by atoms with Gasteiger partial charge in [0.25, 0.3) is 0 Å². The molecule has 0 aliphatic heterocycles. The van der Waals surface area contributed by atoms with E-state index in [1.165, 1.54) is 6.07 Å². The van der Waals surface area contributed by atoms with E-state index < -0.39 is 5.97 Å². The zero-order valence-electron chi connectivity index (χ0n) is 11.8. The highest BCUT2D eigenvalue weighted by Gasteiger charge is 2.10. The molecule has 0 bridgehead atoms. The third-order valence-electron chi connectivity index (χ3n) is 2.96. The predicted octanol–water partition coefficient (Wildman–Crippen LogP) is 2.53. The summed E-state index contributed by atoms with van der Waals surface area (Å²) in [5.41, 5.74) is 0.592. The van der Waals surface area contributed by atoms with Crippen LogP contribution in [-0.2, 0) is 16.1 Å². The SMILES string of the molecule is CCOCCCN(CCC(=O)O)Cc1ccccc1F. The highest BCUT2D eigenvalue weighted by Crippen LogP contribution is 2.10. The minimum absolute atomic E-state index is 0.0586. The quantitative estimate of drug-likeness (QED) is 0.670. The number of carboxylic acid groups (broad SMARTS) is 1. The second kappa shape index (κ2) is 9.44. The van der Waals surface area contributed by atoms with Crippen molar-refractivity contribution in [3.63, 3.8) is 0 Å². The van der Waals surface area contributed by atoms with E-state index in [0.29, 0.717) is 38.4 Å². The molecule has 20 heavy (non-hydrogen) atoms. The van der Waals surface area contributed by atoms with Gasteiger partial charge in [0.1, 0.15) is 5.82 Å². The summed E-state index contributed by atoms with van der Waals surface area (Å²) in [6.45, 7) is 4.77. The van der Waals surface area contributed by atoms with Gasteiger partial charge in [-0.2, -0.15) is 0 Å². The van der Waals surface area contributed by atoms with Crippen molar-refractivity contribution in [3.05, 3.63) is 35.6 Å². The van der Waals surface area contributed by atoms with Gasteiger partial charge in [-0.15, -0.1) is 0 Å². The minimum Gasteiger partial charge on any atom is -0.481 e. The molecule has 0 saturated carbocycles. The van der Waals surface area contributed by atoms with Gasteiger partial charge < -0.3 is 9.84 Å². The van der Waals surface area contributed by atoms with Gasteiger partial charge in [0, 0.05) is 38.4 Å². The van der Waals surface area contributed by atoms with E-state index in [2.05, 4.69) is 0 Å². The summed E-state index contributed by atoms with van der Waals surface area (Å²) in [5, 5.41) is 8.77. The third-order valence-corrected chi connectivity index (χ3v) is 2.96. The number of hydrogen-bond acceptors (Lipinski definition) is 3. The lowest BCUT2D eigenvalue weighted by atomic mass is 10.2. The Morgan fingerprint density at radius 2 is 2.10 bits per heavy atom. The first kappa shape index (κ1) is 16.6. The molecule has 0 heterocycles. The fraction of sp³-hybridized carbons (Fsp3) is 0.533. The number of ether oxygens (including phenoxy) is 1. The second-order valence-electron chi connectivity index (χ2n) is 4.56. The van der Waals surface area contributed by atoms with E-state index in [1.807, 2.05) is 11.8 Å². The van der Waals surface area contributed by atoms with Crippen LogP contribution in [0.3, 0.4) is 0 Å². The van der Waals surface area contributed by atoms with Gasteiger partial charge in [0.2, 0.25) is 0 Å². The van der Waals surface area contributed by atoms with Gasteiger partial charge in [-0.3, -0.25) is 9.69 Å². The molecular weight excluding hydrogens is 261 g/mol. The van der Waals surface area contributed by atoms with Crippen molar-refractivity contribution in [3.8, 4) is 0 Å². The molecule has 0 aliphatic rings. The molecular formula is C15H22FNO3. The maximum Gasteiger partial charge on any atom is 0.304 e. The lowest BCUT2D eigenvalue weighted by Crippen LogP contribution is -2.28. The molecule has 1 rings (SSSR count). The Bertz CT molecular complexity index is 412. The molecule has 0 saturated heterocycles. The average molecular weight is 283 g/mol. The van der Waals surface area contributed by atoms with Gasteiger partial charge in [-0.05, 0) is 19.4 Å². The lowest BCUT2D eigenvalue weighted by Gasteiger charge is -2.21. The summed E-state index contributed by atoms with van der Waals surface area (Å²) < 4.78 is 18.9. The van der Waals surface area contributed by atoms with Crippen LogP contribution in [0.25, 0.3) is 0 Å². The Labute approximate surface area is 119 Å². The molecule has 1 N–H and O–H groups in total. The number of benzene rings is 1. The molecule has 4 nitrogen and oxygen atoms in total. The first-order valence-electron chi connectivity index (χ1n) is 6.88. The molecule has 0 radical (unpaired) electrons. The van der Waals surface area contributed by atoms with Crippen LogP contribution < -0.4 is 0 Å². The van der Waals surface area contributed by atoms with Gasteiger partial charge in [0.05, 0.1) is 6.42 Å². The normalized spacial score (nSPS) is 10.9. The maximum absolute atomic E-state index is 13.6. The average Bonchev–Trinajstić information content (AvgIpc) is 2.42. The smallest absolute Gasteiger partial charge is 0.304 e. The zero-order chi connectivity index (χ0) is 14.8. The molecule has 0 fully saturated rings. The molecule has 0 amide bonds. The second-order valence-corrected chi connectivity index (χ2v) is 4.56.